The molecule has 0 spiro atoms. The summed E-state index contributed by atoms with van der Waals surface area (Å²) in [5.74, 6) is 5.57. The van der Waals surface area contributed by atoms with Crippen LogP contribution in [-0.2, 0) is 0 Å². The molecule has 2 atom stereocenters. The lowest BCUT2D eigenvalue weighted by Gasteiger charge is -2.25. The number of nitrogens with zero attached hydrogens (tertiary/aromatic N) is 4. The molecule has 1 aliphatic carbocycles. The van der Waals surface area contributed by atoms with Crippen LogP contribution < -0.4 is 32.0 Å². The van der Waals surface area contributed by atoms with Crippen molar-refractivity contribution in [2.24, 2.45) is 5.92 Å². The van der Waals surface area contributed by atoms with Crippen LogP contribution in [0.4, 0.5) is 10.1 Å². The predicted molar refractivity (Wildman–Crippen MR) is 115 cm³/mol. The maximum Gasteiger partial charge on any atom is 0.350 e. The monoisotopic (exact) mass is 430 g/mol. The van der Waals surface area contributed by atoms with Crippen molar-refractivity contribution in [3.8, 4) is 11.8 Å². The number of nitrogen functional groups attached to an aromatic ring is 1. The zero-order chi connectivity index (χ0) is 22.3. The topological polar surface area (TPSA) is 118 Å². The van der Waals surface area contributed by atoms with Gasteiger partial charge >= 0.3 is 5.69 Å². The highest BCUT2D eigenvalue weighted by Gasteiger charge is 2.35. The van der Waals surface area contributed by atoms with Crippen LogP contribution in [0.1, 0.15) is 38.6 Å². The lowest BCUT2D eigenvalue weighted by atomic mass is 10.0. The molecule has 0 unspecified atom stereocenters. The van der Waals surface area contributed by atoms with E-state index >= 15 is 4.39 Å². The molecule has 1 aromatic carbocycles. The van der Waals surface area contributed by atoms with E-state index in [0.717, 1.165) is 19.3 Å². The summed E-state index contributed by atoms with van der Waals surface area (Å²) >= 11 is 0. The molecule has 0 bridgehead atoms. The molecule has 1 aliphatic heterocycles. The summed E-state index contributed by atoms with van der Waals surface area (Å²) < 4.78 is 22.9. The molecule has 3 N–H and O–H groups in total. The fraction of sp³-hybridized carbons (Fsp3) is 0.571. The maximum atomic E-state index is 15.3. The van der Waals surface area contributed by atoms with E-state index in [1.54, 1.807) is 0 Å². The maximum absolute atomic E-state index is 15.3. The first kappa shape index (κ1) is 21.2. The van der Waals surface area contributed by atoms with Gasteiger partial charge in [0, 0.05) is 38.1 Å². The summed E-state index contributed by atoms with van der Waals surface area (Å²) in [6, 6.07) is 3.38. The van der Waals surface area contributed by atoms with Gasteiger partial charge in [0.2, 0.25) is 0 Å². The van der Waals surface area contributed by atoms with Crippen LogP contribution in [0.3, 0.4) is 0 Å². The average molecular weight is 430 g/mol. The molecule has 166 valence electrons. The van der Waals surface area contributed by atoms with E-state index in [0.29, 0.717) is 36.2 Å². The SMILES string of the molecule is COc1c(N2CC[C@@H]([C@H](C)NCCC#N)C2)c(F)cc2c(=O)n(N)c(=O)n(C3CC3)c12. The minimum atomic E-state index is -0.740. The standard InChI is InChI=1S/C21H27FN6O3/c1-12(25-8-3-7-23)13-6-9-26(11-13)18-16(22)10-15-17(19(18)31-2)27(14-4-5-14)21(30)28(24)20(15)29/h10,12-14,25H,3-6,8-9,11,24H2,1-2H3/t12-,13+/m0/s1. The summed E-state index contributed by atoms with van der Waals surface area (Å²) in [6.45, 7) is 3.89. The van der Waals surface area contributed by atoms with Gasteiger partial charge in [0.1, 0.15) is 11.2 Å². The Bertz CT molecular complexity index is 1160. The number of ether oxygens (including phenoxy) is 1. The van der Waals surface area contributed by atoms with Crippen LogP contribution in [-0.4, -0.2) is 42.0 Å². The molecule has 4 rings (SSSR count). The van der Waals surface area contributed by atoms with Gasteiger partial charge in [-0.15, -0.1) is 0 Å². The number of nitrogens with two attached hydrogens (primary N) is 1. The van der Waals surface area contributed by atoms with E-state index in [1.807, 2.05) is 4.90 Å². The normalized spacial score (nSPS) is 19.5. The minimum Gasteiger partial charge on any atom is -0.492 e. The predicted octanol–water partition coefficient (Wildman–Crippen LogP) is 1.08. The van der Waals surface area contributed by atoms with Crippen LogP contribution in [0.25, 0.3) is 10.9 Å². The van der Waals surface area contributed by atoms with E-state index in [9.17, 15) is 9.59 Å². The van der Waals surface area contributed by atoms with Crippen molar-refractivity contribution in [3.63, 3.8) is 0 Å². The third-order valence-electron chi connectivity index (χ3n) is 6.35. The number of nitriles is 1. The van der Waals surface area contributed by atoms with Crippen molar-refractivity contribution in [1.29, 1.82) is 5.26 Å². The van der Waals surface area contributed by atoms with Crippen LogP contribution in [0.15, 0.2) is 15.7 Å². The summed E-state index contributed by atoms with van der Waals surface area (Å²) in [5, 5.41) is 12.1. The van der Waals surface area contributed by atoms with Gasteiger partial charge in [-0.3, -0.25) is 9.36 Å². The number of hydrogen-bond donors (Lipinski definition) is 2. The first-order valence-electron chi connectivity index (χ1n) is 10.6. The Labute approximate surface area is 178 Å². The second-order valence-electron chi connectivity index (χ2n) is 8.34. The molecule has 0 amide bonds. The van der Waals surface area contributed by atoms with Gasteiger partial charge in [0.05, 0.1) is 18.6 Å². The quantitative estimate of drug-likeness (QED) is 0.498. The Balaban J connectivity index is 1.78. The molecule has 2 aliphatic rings. The van der Waals surface area contributed by atoms with E-state index in [1.165, 1.54) is 17.7 Å². The third kappa shape index (κ3) is 3.63. The summed E-state index contributed by atoms with van der Waals surface area (Å²) in [6.07, 6.45) is 2.87. The van der Waals surface area contributed by atoms with Crippen LogP contribution in [0, 0.1) is 23.1 Å². The van der Waals surface area contributed by atoms with Crippen LogP contribution >= 0.6 is 0 Å². The van der Waals surface area contributed by atoms with E-state index in [4.69, 9.17) is 15.8 Å². The number of hydrogen-bond acceptors (Lipinski definition) is 7. The lowest BCUT2D eigenvalue weighted by molar-refractivity contribution is 0.402. The van der Waals surface area contributed by atoms with Crippen molar-refractivity contribution in [2.45, 2.75) is 44.7 Å². The summed E-state index contributed by atoms with van der Waals surface area (Å²) in [5.41, 5.74) is -0.785. The molecule has 0 radical (unpaired) electrons. The van der Waals surface area contributed by atoms with Gasteiger partial charge in [0.25, 0.3) is 5.56 Å². The summed E-state index contributed by atoms with van der Waals surface area (Å²) in [4.78, 5) is 27.3. The Hall–Kier alpha value is -3.06. The van der Waals surface area contributed by atoms with Crippen molar-refractivity contribution >= 4 is 16.6 Å². The molecule has 31 heavy (non-hydrogen) atoms. The molecule has 1 saturated heterocycles. The molecule has 9 nitrogen and oxygen atoms in total. The number of anilines is 1. The van der Waals surface area contributed by atoms with Gasteiger partial charge in [-0.1, -0.05) is 0 Å². The average Bonchev–Trinajstić information content (AvgIpc) is 3.47. The van der Waals surface area contributed by atoms with Crippen LogP contribution in [0.5, 0.6) is 5.75 Å². The molecule has 2 aromatic rings. The second kappa shape index (κ2) is 8.23. The smallest absolute Gasteiger partial charge is 0.350 e. The first-order valence-corrected chi connectivity index (χ1v) is 10.6. The minimum absolute atomic E-state index is 0.0365. The van der Waals surface area contributed by atoms with Crippen molar-refractivity contribution in [2.75, 3.05) is 37.5 Å². The van der Waals surface area contributed by atoms with Gasteiger partial charge < -0.3 is 20.8 Å². The Kier molecular flexibility index (Phi) is 5.62. The third-order valence-corrected chi connectivity index (χ3v) is 6.35. The first-order chi connectivity index (χ1) is 14.9. The van der Waals surface area contributed by atoms with Gasteiger partial charge in [-0.05, 0) is 38.2 Å². The number of halogens is 1. The summed E-state index contributed by atoms with van der Waals surface area (Å²) in [7, 11) is 1.42. The zero-order valence-electron chi connectivity index (χ0n) is 17.7. The molecular weight excluding hydrogens is 403 g/mol. The zero-order valence-corrected chi connectivity index (χ0v) is 17.7. The van der Waals surface area contributed by atoms with E-state index in [-0.39, 0.29) is 34.8 Å². The molecule has 1 aromatic heterocycles. The molecule has 10 heteroatoms. The van der Waals surface area contributed by atoms with Crippen molar-refractivity contribution < 1.29 is 9.13 Å². The molecular formula is C21H27FN6O3. The Morgan fingerprint density at radius 2 is 2.13 bits per heavy atom. The number of aromatic nitrogens is 2. The highest BCUT2D eigenvalue weighted by Crippen LogP contribution is 2.43. The number of benzene rings is 1. The number of nitrogens with one attached hydrogen (secondary N) is 1. The van der Waals surface area contributed by atoms with E-state index in [2.05, 4.69) is 18.3 Å². The number of methoxy groups -OCH3 is 1. The highest BCUT2D eigenvalue weighted by atomic mass is 19.1. The van der Waals surface area contributed by atoms with Crippen molar-refractivity contribution in [1.82, 2.24) is 14.6 Å². The van der Waals surface area contributed by atoms with E-state index < -0.39 is 17.1 Å². The fourth-order valence-corrected chi connectivity index (χ4v) is 4.52. The van der Waals surface area contributed by atoms with Crippen molar-refractivity contribution in [3.05, 3.63) is 32.7 Å². The largest absolute Gasteiger partial charge is 0.492 e. The van der Waals surface area contributed by atoms with Gasteiger partial charge in [-0.25, -0.2) is 9.18 Å². The Morgan fingerprint density at radius 3 is 2.77 bits per heavy atom. The second-order valence-corrected chi connectivity index (χ2v) is 8.34. The Morgan fingerprint density at radius 1 is 1.39 bits per heavy atom. The fourth-order valence-electron chi connectivity index (χ4n) is 4.52. The number of fused-ring (bicyclic) bond motifs is 1. The molecule has 1 saturated carbocycles. The highest BCUT2D eigenvalue weighted by molar-refractivity contribution is 5.91. The van der Waals surface area contributed by atoms with Gasteiger partial charge in [0.15, 0.2) is 11.6 Å². The molecule has 2 heterocycles. The van der Waals surface area contributed by atoms with Gasteiger partial charge in [-0.2, -0.15) is 9.94 Å². The lowest BCUT2D eigenvalue weighted by Crippen LogP contribution is -2.44. The van der Waals surface area contributed by atoms with Crippen LogP contribution in [0.2, 0.25) is 0 Å². The molecule has 2 fully saturated rings. The number of rotatable bonds is 7.